The Bertz CT molecular complexity index is 332. The molecule has 1 aromatic rings. The third-order valence-corrected chi connectivity index (χ3v) is 3.81. The van der Waals surface area contributed by atoms with Crippen molar-refractivity contribution in [3.05, 3.63) is 29.8 Å². The van der Waals surface area contributed by atoms with Crippen LogP contribution in [0.3, 0.4) is 0 Å². The summed E-state index contributed by atoms with van der Waals surface area (Å²) >= 11 is 0. The first kappa shape index (κ1) is 18.0. The average molecular weight is 292 g/mol. The fourth-order valence-electron chi connectivity index (χ4n) is 2.41. The van der Waals surface area contributed by atoms with Crippen LogP contribution >= 0.6 is 0 Å². The Labute approximate surface area is 130 Å². The lowest BCUT2D eigenvalue weighted by Gasteiger charge is -2.05. The van der Waals surface area contributed by atoms with E-state index >= 15 is 0 Å². The van der Waals surface area contributed by atoms with Gasteiger partial charge >= 0.3 is 0 Å². The van der Waals surface area contributed by atoms with Gasteiger partial charge in [0.15, 0.2) is 0 Å². The van der Waals surface area contributed by atoms with E-state index in [0.29, 0.717) is 0 Å². The molecule has 21 heavy (non-hydrogen) atoms. The number of ether oxygens (including phenoxy) is 2. The fraction of sp³-hybridized carbons (Fsp3) is 0.684. The first-order valence-electron chi connectivity index (χ1n) is 8.57. The average Bonchev–Trinajstić information content (AvgIpc) is 2.53. The lowest BCUT2D eigenvalue weighted by atomic mass is 10.1. The Kier molecular flexibility index (Phi) is 10.9. The Morgan fingerprint density at radius 3 is 2.05 bits per heavy atom. The van der Waals surface area contributed by atoms with Gasteiger partial charge in [-0.15, -0.1) is 0 Å². The number of hydrogen-bond acceptors (Lipinski definition) is 2. The maximum atomic E-state index is 5.62. The van der Waals surface area contributed by atoms with Crippen molar-refractivity contribution in [2.24, 2.45) is 0 Å². The largest absolute Gasteiger partial charge is 0.497 e. The second kappa shape index (κ2) is 12.7. The molecule has 0 aliphatic carbocycles. The summed E-state index contributed by atoms with van der Waals surface area (Å²) in [7, 11) is 1.71. The monoisotopic (exact) mass is 292 g/mol. The van der Waals surface area contributed by atoms with E-state index in [1.165, 1.54) is 63.4 Å². The summed E-state index contributed by atoms with van der Waals surface area (Å²) in [4.78, 5) is 0. The van der Waals surface area contributed by atoms with Crippen LogP contribution in [0, 0.1) is 0 Å². The molecule has 0 saturated heterocycles. The zero-order valence-electron chi connectivity index (χ0n) is 13.9. The second-order valence-corrected chi connectivity index (χ2v) is 5.69. The molecule has 2 nitrogen and oxygen atoms in total. The highest BCUT2D eigenvalue weighted by Gasteiger charge is 1.96. The third-order valence-electron chi connectivity index (χ3n) is 3.81. The van der Waals surface area contributed by atoms with Gasteiger partial charge in [-0.3, -0.25) is 0 Å². The van der Waals surface area contributed by atoms with Crippen LogP contribution in [0.5, 0.6) is 5.75 Å². The van der Waals surface area contributed by atoms with Crippen molar-refractivity contribution in [3.8, 4) is 5.75 Å². The fourth-order valence-corrected chi connectivity index (χ4v) is 2.41. The molecule has 0 bridgehead atoms. The molecule has 2 heteroatoms. The summed E-state index contributed by atoms with van der Waals surface area (Å²) in [5.74, 6) is 0.942. The molecule has 1 rings (SSSR count). The van der Waals surface area contributed by atoms with Gasteiger partial charge in [0.25, 0.3) is 0 Å². The molecular weight excluding hydrogens is 260 g/mol. The number of aryl methyl sites for hydroxylation is 1. The van der Waals surface area contributed by atoms with E-state index in [9.17, 15) is 0 Å². The molecule has 0 unspecified atom stereocenters. The van der Waals surface area contributed by atoms with E-state index < -0.39 is 0 Å². The first-order valence-corrected chi connectivity index (χ1v) is 8.57. The number of rotatable bonds is 13. The van der Waals surface area contributed by atoms with Crippen molar-refractivity contribution in [2.45, 2.75) is 64.7 Å². The van der Waals surface area contributed by atoms with Gasteiger partial charge in [0.2, 0.25) is 0 Å². The molecule has 0 atom stereocenters. The first-order chi connectivity index (χ1) is 10.4. The summed E-state index contributed by atoms with van der Waals surface area (Å²) in [6, 6.07) is 8.43. The van der Waals surface area contributed by atoms with Crippen LogP contribution in [0.2, 0.25) is 0 Å². The third kappa shape index (κ3) is 9.52. The van der Waals surface area contributed by atoms with Crippen molar-refractivity contribution in [1.82, 2.24) is 0 Å². The highest BCUT2D eigenvalue weighted by Crippen LogP contribution is 2.14. The van der Waals surface area contributed by atoms with Gasteiger partial charge in [-0.25, -0.2) is 0 Å². The molecule has 0 radical (unpaired) electrons. The molecular formula is C19H32O2. The molecule has 0 N–H and O–H groups in total. The summed E-state index contributed by atoms with van der Waals surface area (Å²) in [6.45, 7) is 4.12. The van der Waals surface area contributed by atoms with Crippen molar-refractivity contribution >= 4 is 0 Å². The lowest BCUT2D eigenvalue weighted by molar-refractivity contribution is 0.126. The zero-order valence-corrected chi connectivity index (χ0v) is 13.9. The molecule has 0 spiro atoms. The van der Waals surface area contributed by atoms with Gasteiger partial charge in [0.1, 0.15) is 5.75 Å². The summed E-state index contributed by atoms with van der Waals surface area (Å²) < 4.78 is 10.8. The Morgan fingerprint density at radius 1 is 0.762 bits per heavy atom. The summed E-state index contributed by atoms with van der Waals surface area (Å²) in [5, 5.41) is 0. The molecule has 0 heterocycles. The Balaban J connectivity index is 1.88. The lowest BCUT2D eigenvalue weighted by Crippen LogP contribution is -1.97. The zero-order chi connectivity index (χ0) is 15.2. The second-order valence-electron chi connectivity index (χ2n) is 5.69. The van der Waals surface area contributed by atoms with Gasteiger partial charge in [0, 0.05) is 13.2 Å². The van der Waals surface area contributed by atoms with Crippen molar-refractivity contribution < 1.29 is 9.47 Å². The molecule has 0 saturated carbocycles. The highest BCUT2D eigenvalue weighted by atomic mass is 16.5. The van der Waals surface area contributed by atoms with Crippen molar-refractivity contribution in [3.63, 3.8) is 0 Å². The van der Waals surface area contributed by atoms with Crippen LogP contribution < -0.4 is 4.74 Å². The van der Waals surface area contributed by atoms with Crippen LogP contribution in [0.4, 0.5) is 0 Å². The predicted octanol–water partition coefficient (Wildman–Crippen LogP) is 5.40. The minimum Gasteiger partial charge on any atom is -0.497 e. The molecule has 0 aliphatic heterocycles. The van der Waals surface area contributed by atoms with Gasteiger partial charge in [-0.05, 0) is 43.4 Å². The van der Waals surface area contributed by atoms with Crippen molar-refractivity contribution in [1.29, 1.82) is 0 Å². The van der Waals surface area contributed by atoms with Crippen LogP contribution in [-0.2, 0) is 11.2 Å². The molecule has 0 aromatic heterocycles. The molecule has 0 fully saturated rings. The standard InChI is InChI=1S/C19H32O2/c1-3-4-9-16-21-17-10-7-5-6-8-11-18-12-14-19(20-2)15-13-18/h12-15H,3-11,16-17H2,1-2H3. The summed E-state index contributed by atoms with van der Waals surface area (Å²) in [6.07, 6.45) is 11.4. The maximum absolute atomic E-state index is 5.62. The van der Waals surface area contributed by atoms with Crippen LogP contribution in [-0.4, -0.2) is 20.3 Å². The smallest absolute Gasteiger partial charge is 0.118 e. The predicted molar refractivity (Wildman–Crippen MR) is 90.1 cm³/mol. The Morgan fingerprint density at radius 2 is 1.38 bits per heavy atom. The number of methoxy groups -OCH3 is 1. The Hall–Kier alpha value is -1.02. The van der Waals surface area contributed by atoms with E-state index in [2.05, 4.69) is 19.1 Å². The van der Waals surface area contributed by atoms with Crippen LogP contribution in [0.1, 0.15) is 63.9 Å². The van der Waals surface area contributed by atoms with Gasteiger partial charge in [0.05, 0.1) is 7.11 Å². The van der Waals surface area contributed by atoms with Gasteiger partial charge in [-0.1, -0.05) is 51.2 Å². The quantitative estimate of drug-likeness (QED) is 0.453. The summed E-state index contributed by atoms with van der Waals surface area (Å²) in [5.41, 5.74) is 1.41. The van der Waals surface area contributed by atoms with E-state index in [0.717, 1.165) is 19.0 Å². The van der Waals surface area contributed by atoms with E-state index in [-0.39, 0.29) is 0 Å². The minimum absolute atomic E-state index is 0.942. The SMILES string of the molecule is CCCCCOCCCCCCCc1ccc(OC)cc1. The number of unbranched alkanes of at least 4 members (excludes halogenated alkanes) is 6. The maximum Gasteiger partial charge on any atom is 0.118 e. The topological polar surface area (TPSA) is 18.5 Å². The number of benzene rings is 1. The number of hydrogen-bond donors (Lipinski definition) is 0. The van der Waals surface area contributed by atoms with Gasteiger partial charge in [-0.2, -0.15) is 0 Å². The van der Waals surface area contributed by atoms with Crippen LogP contribution in [0.15, 0.2) is 24.3 Å². The van der Waals surface area contributed by atoms with Crippen molar-refractivity contribution in [2.75, 3.05) is 20.3 Å². The molecule has 1 aromatic carbocycles. The molecule has 120 valence electrons. The van der Waals surface area contributed by atoms with E-state index in [1.807, 2.05) is 12.1 Å². The highest BCUT2D eigenvalue weighted by molar-refractivity contribution is 5.27. The van der Waals surface area contributed by atoms with Crippen LogP contribution in [0.25, 0.3) is 0 Å². The van der Waals surface area contributed by atoms with E-state index in [1.54, 1.807) is 7.11 Å². The van der Waals surface area contributed by atoms with E-state index in [4.69, 9.17) is 9.47 Å². The minimum atomic E-state index is 0.942. The molecule has 0 amide bonds. The molecule has 0 aliphatic rings. The normalized spacial score (nSPS) is 10.8. The van der Waals surface area contributed by atoms with Gasteiger partial charge < -0.3 is 9.47 Å².